The zero-order valence-corrected chi connectivity index (χ0v) is 15.8. The Bertz CT molecular complexity index is 877. The Hall–Kier alpha value is -2.64. The van der Waals surface area contributed by atoms with Gasteiger partial charge < -0.3 is 15.5 Å². The molecule has 2 aromatic rings. The Morgan fingerprint density at radius 1 is 1.07 bits per heavy atom. The molecule has 9 heteroatoms. The van der Waals surface area contributed by atoms with Crippen LogP contribution in [0.4, 0.5) is 10.1 Å². The molecule has 2 N–H and O–H groups in total. The van der Waals surface area contributed by atoms with Crippen LogP contribution >= 0.6 is 23.2 Å². The van der Waals surface area contributed by atoms with E-state index in [9.17, 15) is 18.8 Å². The molecule has 0 atom stereocenters. The van der Waals surface area contributed by atoms with E-state index in [0.717, 1.165) is 11.0 Å². The van der Waals surface area contributed by atoms with Crippen LogP contribution in [0.3, 0.4) is 0 Å². The van der Waals surface area contributed by atoms with Crippen molar-refractivity contribution in [3.8, 4) is 0 Å². The average molecular weight is 412 g/mol. The van der Waals surface area contributed by atoms with Crippen LogP contribution in [0.2, 0.25) is 10.0 Å². The number of anilines is 1. The zero-order valence-electron chi connectivity index (χ0n) is 14.3. The Balaban J connectivity index is 1.83. The van der Waals surface area contributed by atoms with Gasteiger partial charge in [-0.05, 0) is 36.4 Å². The van der Waals surface area contributed by atoms with Crippen molar-refractivity contribution in [3.05, 3.63) is 63.9 Å². The molecule has 0 spiro atoms. The minimum atomic E-state index is -0.500. The number of benzene rings is 2. The quantitative estimate of drug-likeness (QED) is 0.766. The van der Waals surface area contributed by atoms with Gasteiger partial charge in [-0.2, -0.15) is 0 Å². The van der Waals surface area contributed by atoms with Crippen molar-refractivity contribution >= 4 is 46.6 Å². The van der Waals surface area contributed by atoms with Crippen LogP contribution in [0.25, 0.3) is 0 Å². The van der Waals surface area contributed by atoms with Gasteiger partial charge in [0, 0.05) is 18.3 Å². The summed E-state index contributed by atoms with van der Waals surface area (Å²) >= 11 is 11.6. The molecule has 0 aliphatic carbocycles. The molecule has 3 amide bonds. The van der Waals surface area contributed by atoms with Gasteiger partial charge in [0.15, 0.2) is 0 Å². The highest BCUT2D eigenvalue weighted by Crippen LogP contribution is 2.22. The number of hydrogen-bond donors (Lipinski definition) is 2. The fourth-order valence-corrected chi connectivity index (χ4v) is 2.40. The Kier molecular flexibility index (Phi) is 7.15. The maximum absolute atomic E-state index is 13.1. The minimum absolute atomic E-state index is 0.224. The predicted molar refractivity (Wildman–Crippen MR) is 101 cm³/mol. The van der Waals surface area contributed by atoms with Crippen molar-refractivity contribution in [2.45, 2.75) is 0 Å². The average Bonchev–Trinajstić information content (AvgIpc) is 2.61. The van der Waals surface area contributed by atoms with E-state index < -0.39 is 23.5 Å². The lowest BCUT2D eigenvalue weighted by Gasteiger charge is -2.17. The summed E-state index contributed by atoms with van der Waals surface area (Å²) in [5.41, 5.74) is 0.539. The summed E-state index contributed by atoms with van der Waals surface area (Å²) in [6.45, 7) is -0.555. The molecule has 0 bridgehead atoms. The van der Waals surface area contributed by atoms with Gasteiger partial charge in [0.1, 0.15) is 5.82 Å². The van der Waals surface area contributed by atoms with E-state index in [1.165, 1.54) is 43.4 Å². The van der Waals surface area contributed by atoms with Gasteiger partial charge in [-0.3, -0.25) is 14.4 Å². The second kappa shape index (κ2) is 9.34. The van der Waals surface area contributed by atoms with E-state index in [0.29, 0.717) is 5.02 Å². The second-order valence-electron chi connectivity index (χ2n) is 5.62. The third kappa shape index (κ3) is 6.23. The summed E-state index contributed by atoms with van der Waals surface area (Å²) in [5.74, 6) is -1.95. The molecule has 0 aromatic heterocycles. The smallest absolute Gasteiger partial charge is 0.251 e. The van der Waals surface area contributed by atoms with Gasteiger partial charge in [0.05, 0.1) is 23.1 Å². The molecule has 0 heterocycles. The van der Waals surface area contributed by atoms with Crippen molar-refractivity contribution < 1.29 is 18.8 Å². The molecule has 0 fully saturated rings. The van der Waals surface area contributed by atoms with E-state index in [2.05, 4.69) is 10.6 Å². The minimum Gasteiger partial charge on any atom is -0.343 e. The number of carbonyl (C=O) groups excluding carboxylic acids is 3. The number of halogens is 3. The molecule has 0 unspecified atom stereocenters. The van der Waals surface area contributed by atoms with Gasteiger partial charge in [-0.25, -0.2) is 4.39 Å². The molecule has 6 nitrogen and oxygen atoms in total. The van der Waals surface area contributed by atoms with E-state index in [-0.39, 0.29) is 29.4 Å². The lowest BCUT2D eigenvalue weighted by Crippen LogP contribution is -2.41. The topological polar surface area (TPSA) is 78.5 Å². The molecule has 27 heavy (non-hydrogen) atoms. The SMILES string of the molecule is CN(CC(=O)Nc1cccc(F)c1)C(=O)CNC(=O)c1ccc(Cl)c(Cl)c1. The fourth-order valence-electron chi connectivity index (χ4n) is 2.10. The number of hydrogen-bond acceptors (Lipinski definition) is 3. The third-order valence-electron chi connectivity index (χ3n) is 3.50. The van der Waals surface area contributed by atoms with Crippen LogP contribution in [-0.2, 0) is 9.59 Å². The van der Waals surface area contributed by atoms with Crippen LogP contribution in [-0.4, -0.2) is 42.8 Å². The third-order valence-corrected chi connectivity index (χ3v) is 4.24. The molecule has 2 rings (SSSR count). The molecule has 0 saturated heterocycles. The number of nitrogens with one attached hydrogen (secondary N) is 2. The van der Waals surface area contributed by atoms with Crippen molar-refractivity contribution in [3.63, 3.8) is 0 Å². The summed E-state index contributed by atoms with van der Waals surface area (Å²) in [6.07, 6.45) is 0. The Morgan fingerprint density at radius 2 is 1.81 bits per heavy atom. The highest BCUT2D eigenvalue weighted by molar-refractivity contribution is 6.42. The van der Waals surface area contributed by atoms with Gasteiger partial charge in [0.2, 0.25) is 11.8 Å². The van der Waals surface area contributed by atoms with Crippen molar-refractivity contribution in [1.29, 1.82) is 0 Å². The van der Waals surface area contributed by atoms with Crippen molar-refractivity contribution in [2.75, 3.05) is 25.5 Å². The summed E-state index contributed by atoms with van der Waals surface area (Å²) < 4.78 is 13.1. The van der Waals surface area contributed by atoms with Gasteiger partial charge in [-0.1, -0.05) is 29.3 Å². The second-order valence-corrected chi connectivity index (χ2v) is 6.43. The monoisotopic (exact) mass is 411 g/mol. The van der Waals surface area contributed by atoms with Crippen LogP contribution in [0, 0.1) is 5.82 Å². The standard InChI is InChI=1S/C18H16Cl2FN3O3/c1-24(10-16(25)23-13-4-2-3-12(21)8-13)17(26)9-22-18(27)11-5-6-14(19)15(20)7-11/h2-8H,9-10H2,1H3,(H,22,27)(H,23,25). The number of amides is 3. The molecule has 0 saturated carbocycles. The van der Waals surface area contributed by atoms with Crippen LogP contribution < -0.4 is 10.6 Å². The van der Waals surface area contributed by atoms with Gasteiger partial charge in [0.25, 0.3) is 5.91 Å². The molecule has 2 aromatic carbocycles. The number of nitrogens with zero attached hydrogens (tertiary/aromatic N) is 1. The molecule has 0 aliphatic rings. The molecular formula is C18H16Cl2FN3O3. The molecule has 142 valence electrons. The van der Waals surface area contributed by atoms with E-state index in [1.807, 2.05) is 0 Å². The first kappa shape index (κ1) is 20.7. The Morgan fingerprint density at radius 3 is 2.48 bits per heavy atom. The van der Waals surface area contributed by atoms with Crippen molar-refractivity contribution in [1.82, 2.24) is 10.2 Å². The number of carbonyl (C=O) groups is 3. The first-order valence-electron chi connectivity index (χ1n) is 7.79. The normalized spacial score (nSPS) is 10.2. The summed E-state index contributed by atoms with van der Waals surface area (Å²) in [6, 6.07) is 9.74. The first-order chi connectivity index (χ1) is 12.8. The highest BCUT2D eigenvalue weighted by Gasteiger charge is 2.15. The van der Waals surface area contributed by atoms with E-state index >= 15 is 0 Å². The molecule has 0 radical (unpaired) electrons. The van der Waals surface area contributed by atoms with Crippen LogP contribution in [0.15, 0.2) is 42.5 Å². The summed E-state index contributed by atoms with van der Waals surface area (Å²) in [5, 5.41) is 5.46. The zero-order chi connectivity index (χ0) is 20.0. The van der Waals surface area contributed by atoms with Crippen LogP contribution in [0.1, 0.15) is 10.4 Å². The lowest BCUT2D eigenvalue weighted by atomic mass is 10.2. The molecule has 0 aliphatic heterocycles. The number of rotatable bonds is 6. The first-order valence-corrected chi connectivity index (χ1v) is 8.54. The number of likely N-dealkylation sites (N-methyl/N-ethyl adjacent to an activating group) is 1. The maximum Gasteiger partial charge on any atom is 0.251 e. The van der Waals surface area contributed by atoms with E-state index in [4.69, 9.17) is 23.2 Å². The summed E-state index contributed by atoms with van der Waals surface area (Å²) in [7, 11) is 1.42. The largest absolute Gasteiger partial charge is 0.343 e. The van der Waals surface area contributed by atoms with Crippen LogP contribution in [0.5, 0.6) is 0 Å². The Labute approximate surface area is 165 Å². The lowest BCUT2D eigenvalue weighted by molar-refractivity contribution is -0.132. The highest BCUT2D eigenvalue weighted by atomic mass is 35.5. The van der Waals surface area contributed by atoms with Gasteiger partial charge >= 0.3 is 0 Å². The maximum atomic E-state index is 13.1. The predicted octanol–water partition coefficient (Wildman–Crippen LogP) is 2.96. The van der Waals surface area contributed by atoms with Gasteiger partial charge in [-0.15, -0.1) is 0 Å². The van der Waals surface area contributed by atoms with Crippen molar-refractivity contribution in [2.24, 2.45) is 0 Å². The fraction of sp³-hybridized carbons (Fsp3) is 0.167. The molecular weight excluding hydrogens is 396 g/mol. The van der Waals surface area contributed by atoms with E-state index in [1.54, 1.807) is 0 Å². The summed E-state index contributed by atoms with van der Waals surface area (Å²) in [4.78, 5) is 37.2.